The van der Waals surface area contributed by atoms with E-state index in [1.54, 1.807) is 12.4 Å². The molecule has 3 aliphatic heterocycles. The Morgan fingerprint density at radius 2 is 2.00 bits per heavy atom. The van der Waals surface area contributed by atoms with Crippen LogP contribution in [0.25, 0.3) is 11.1 Å². The summed E-state index contributed by atoms with van der Waals surface area (Å²) in [6, 6.07) is 7.64. The van der Waals surface area contributed by atoms with Crippen LogP contribution in [0.2, 0.25) is 5.02 Å². The molecule has 1 N–H and O–H groups in total. The molecule has 2 bridgehead atoms. The largest absolute Gasteiger partial charge is 0.342 e. The number of hydrogen-bond donors (Lipinski definition) is 1. The van der Waals surface area contributed by atoms with Crippen molar-refractivity contribution >= 4 is 30.0 Å². The third-order valence-corrected chi connectivity index (χ3v) is 5.27. The summed E-state index contributed by atoms with van der Waals surface area (Å²) in [4.78, 5) is 14.9. The number of rotatable bonds is 2. The molecule has 3 saturated heterocycles. The maximum Gasteiger partial charge on any atom is 0.342 e. The molecule has 0 spiro atoms. The van der Waals surface area contributed by atoms with Crippen LogP contribution >= 0.6 is 24.0 Å². The van der Waals surface area contributed by atoms with Crippen molar-refractivity contribution < 1.29 is 4.79 Å². The molecule has 4 heterocycles. The molecule has 5 rings (SSSR count). The van der Waals surface area contributed by atoms with E-state index in [2.05, 4.69) is 15.3 Å². The summed E-state index contributed by atoms with van der Waals surface area (Å²) in [6.07, 6.45) is 5.76. The van der Waals surface area contributed by atoms with Gasteiger partial charge >= 0.3 is 6.03 Å². The zero-order valence-corrected chi connectivity index (χ0v) is 14.8. The van der Waals surface area contributed by atoms with Gasteiger partial charge in [-0.25, -0.2) is 4.79 Å². The Balaban J connectivity index is 0.00000169. The molecule has 24 heavy (non-hydrogen) atoms. The summed E-state index contributed by atoms with van der Waals surface area (Å²) in [5, 5.41) is 7.98. The SMILES string of the molecule is Cl.O=C(N[C@H]1CN2CCC1CC2)n1cc(-c2ccccc2Cl)cn1. The molecular formula is C17H20Cl2N4O. The molecule has 7 heteroatoms. The standard InChI is InChI=1S/C17H19ClN4O.ClH/c18-15-4-2-1-3-14(15)13-9-19-22(10-13)17(23)20-16-11-21-7-5-12(16)6-8-21;/h1-4,9-10,12,16H,5-8,11H2,(H,20,23);1H/t16-;/m0./s1. The van der Waals surface area contributed by atoms with Crippen molar-refractivity contribution in [3.05, 3.63) is 41.7 Å². The molecule has 0 saturated carbocycles. The number of hydrogen-bond acceptors (Lipinski definition) is 3. The van der Waals surface area contributed by atoms with Crippen molar-refractivity contribution in [3.63, 3.8) is 0 Å². The van der Waals surface area contributed by atoms with Gasteiger partial charge in [-0.05, 0) is 37.9 Å². The zero-order chi connectivity index (χ0) is 15.8. The minimum atomic E-state index is -0.165. The number of halogens is 2. The Morgan fingerprint density at radius 3 is 2.67 bits per heavy atom. The quantitative estimate of drug-likeness (QED) is 0.886. The summed E-state index contributed by atoms with van der Waals surface area (Å²) in [6.45, 7) is 3.28. The number of benzene rings is 1. The lowest BCUT2D eigenvalue weighted by molar-refractivity contribution is 0.0765. The number of nitrogens with one attached hydrogen (secondary N) is 1. The predicted octanol–water partition coefficient (Wildman–Crippen LogP) is 3.28. The van der Waals surface area contributed by atoms with Crippen molar-refractivity contribution in [2.45, 2.75) is 18.9 Å². The predicted molar refractivity (Wildman–Crippen MR) is 96.8 cm³/mol. The highest BCUT2D eigenvalue weighted by Gasteiger charge is 2.35. The number of nitrogens with zero attached hydrogens (tertiary/aromatic N) is 3. The maximum atomic E-state index is 12.5. The van der Waals surface area contributed by atoms with Gasteiger partial charge in [0.15, 0.2) is 0 Å². The van der Waals surface area contributed by atoms with Crippen LogP contribution in [0.1, 0.15) is 12.8 Å². The van der Waals surface area contributed by atoms with Crippen molar-refractivity contribution in [1.82, 2.24) is 20.0 Å². The van der Waals surface area contributed by atoms with E-state index in [1.165, 1.54) is 17.5 Å². The molecule has 128 valence electrons. The summed E-state index contributed by atoms with van der Waals surface area (Å²) >= 11 is 6.20. The third kappa shape index (κ3) is 3.29. The number of fused-ring (bicyclic) bond motifs is 3. The van der Waals surface area contributed by atoms with Crippen LogP contribution in [0.4, 0.5) is 4.79 Å². The van der Waals surface area contributed by atoms with Crippen LogP contribution in [-0.4, -0.2) is 46.4 Å². The molecule has 3 fully saturated rings. The van der Waals surface area contributed by atoms with E-state index in [-0.39, 0.29) is 24.5 Å². The lowest BCUT2D eigenvalue weighted by atomic mass is 9.84. The van der Waals surface area contributed by atoms with E-state index in [4.69, 9.17) is 11.6 Å². The average Bonchev–Trinajstić information content (AvgIpc) is 3.06. The second kappa shape index (κ2) is 7.13. The fraction of sp³-hybridized carbons (Fsp3) is 0.412. The van der Waals surface area contributed by atoms with Crippen molar-refractivity contribution in [2.24, 2.45) is 5.92 Å². The number of amides is 1. The van der Waals surface area contributed by atoms with Crippen LogP contribution in [0.15, 0.2) is 36.7 Å². The van der Waals surface area contributed by atoms with Crippen molar-refractivity contribution in [3.8, 4) is 11.1 Å². The highest BCUT2D eigenvalue weighted by Crippen LogP contribution is 2.28. The van der Waals surface area contributed by atoms with Gasteiger partial charge in [0.05, 0.1) is 6.20 Å². The van der Waals surface area contributed by atoms with Crippen molar-refractivity contribution in [2.75, 3.05) is 19.6 Å². The van der Waals surface area contributed by atoms with Crippen LogP contribution in [0.3, 0.4) is 0 Å². The van der Waals surface area contributed by atoms with Gasteiger partial charge < -0.3 is 10.2 Å². The molecule has 1 aromatic carbocycles. The Bertz CT molecular complexity index is 725. The van der Waals surface area contributed by atoms with E-state index in [9.17, 15) is 4.79 Å². The zero-order valence-electron chi connectivity index (χ0n) is 13.2. The fourth-order valence-electron chi connectivity index (χ4n) is 3.62. The Kier molecular flexibility index (Phi) is 5.13. The Labute approximate surface area is 152 Å². The number of carbonyl (C=O) groups is 1. The number of piperidine rings is 3. The van der Waals surface area contributed by atoms with E-state index < -0.39 is 0 Å². The molecule has 0 unspecified atom stereocenters. The van der Waals surface area contributed by atoms with E-state index in [0.717, 1.165) is 30.8 Å². The first-order valence-corrected chi connectivity index (χ1v) is 8.41. The lowest BCUT2D eigenvalue weighted by Crippen LogP contribution is -2.57. The van der Waals surface area contributed by atoms with Crippen molar-refractivity contribution in [1.29, 1.82) is 0 Å². The Morgan fingerprint density at radius 1 is 1.25 bits per heavy atom. The van der Waals surface area contributed by atoms with Gasteiger partial charge in [0.1, 0.15) is 0 Å². The molecular weight excluding hydrogens is 347 g/mol. The summed E-state index contributed by atoms with van der Waals surface area (Å²) in [7, 11) is 0. The van der Waals surface area contributed by atoms with Gasteiger partial charge in [0, 0.05) is 34.9 Å². The van der Waals surface area contributed by atoms with Gasteiger partial charge in [0.25, 0.3) is 0 Å². The summed E-state index contributed by atoms with van der Waals surface area (Å²) < 4.78 is 1.37. The van der Waals surface area contributed by atoms with E-state index >= 15 is 0 Å². The lowest BCUT2D eigenvalue weighted by Gasteiger charge is -2.44. The van der Waals surface area contributed by atoms with Gasteiger partial charge in [0.2, 0.25) is 0 Å². The van der Waals surface area contributed by atoms with E-state index in [0.29, 0.717) is 10.9 Å². The monoisotopic (exact) mass is 366 g/mol. The molecule has 1 atom stereocenters. The molecule has 2 aromatic rings. The topological polar surface area (TPSA) is 50.2 Å². The second-order valence-corrected chi connectivity index (χ2v) is 6.75. The van der Waals surface area contributed by atoms with Crippen LogP contribution in [0.5, 0.6) is 0 Å². The normalized spacial score (nSPS) is 25.1. The fourth-order valence-corrected chi connectivity index (χ4v) is 3.87. The maximum absolute atomic E-state index is 12.5. The van der Waals surface area contributed by atoms with Crippen LogP contribution in [0, 0.1) is 5.92 Å². The molecule has 5 nitrogen and oxygen atoms in total. The molecule has 0 aliphatic carbocycles. The minimum Gasteiger partial charge on any atom is -0.332 e. The molecule has 1 amide bonds. The third-order valence-electron chi connectivity index (χ3n) is 4.94. The second-order valence-electron chi connectivity index (χ2n) is 6.35. The first kappa shape index (κ1) is 17.3. The number of aromatic nitrogens is 2. The first-order valence-electron chi connectivity index (χ1n) is 8.03. The molecule has 0 radical (unpaired) electrons. The first-order chi connectivity index (χ1) is 11.2. The smallest absolute Gasteiger partial charge is 0.332 e. The minimum absolute atomic E-state index is 0. The highest BCUT2D eigenvalue weighted by molar-refractivity contribution is 6.33. The average molecular weight is 367 g/mol. The Hall–Kier alpha value is -1.56. The highest BCUT2D eigenvalue weighted by atomic mass is 35.5. The summed E-state index contributed by atoms with van der Waals surface area (Å²) in [5.74, 6) is 0.600. The number of carbonyl (C=O) groups excluding carboxylic acids is 1. The van der Waals surface area contributed by atoms with Gasteiger partial charge in [-0.2, -0.15) is 9.78 Å². The molecule has 1 aromatic heterocycles. The molecule has 3 aliphatic rings. The van der Waals surface area contributed by atoms with Gasteiger partial charge in [-0.1, -0.05) is 29.8 Å². The van der Waals surface area contributed by atoms with Crippen LogP contribution in [-0.2, 0) is 0 Å². The van der Waals surface area contributed by atoms with Crippen LogP contribution < -0.4 is 5.32 Å². The summed E-state index contributed by atoms with van der Waals surface area (Å²) in [5.41, 5.74) is 1.73. The van der Waals surface area contributed by atoms with E-state index in [1.807, 2.05) is 24.3 Å². The van der Waals surface area contributed by atoms with Gasteiger partial charge in [-0.15, -0.1) is 12.4 Å². The van der Waals surface area contributed by atoms with Gasteiger partial charge in [-0.3, -0.25) is 0 Å².